The number of furan rings is 4. The molecule has 0 saturated heterocycles. The number of hydrogen-bond acceptors (Lipinski definition) is 8. The fourth-order valence-corrected chi connectivity index (χ4v) is 21.3. The lowest BCUT2D eigenvalue weighted by Gasteiger charge is -2.44. The Hall–Kier alpha value is -14.0. The third-order valence-electron chi connectivity index (χ3n) is 26.2. The van der Waals surface area contributed by atoms with Gasteiger partial charge in [-0.2, -0.15) is 0 Å². The van der Waals surface area contributed by atoms with Crippen molar-refractivity contribution in [3.05, 3.63) is 338 Å². The Bertz CT molecular complexity index is 7680. The molecule has 0 spiro atoms. The highest BCUT2D eigenvalue weighted by molar-refractivity contribution is 7.01. The fourth-order valence-electron chi connectivity index (χ4n) is 21.3. The van der Waals surface area contributed by atoms with Crippen LogP contribution in [-0.4, -0.2) is 13.4 Å². The van der Waals surface area contributed by atoms with Crippen LogP contribution in [-0.2, 0) is 10.8 Å². The van der Waals surface area contributed by atoms with Crippen LogP contribution in [0.4, 0.5) is 68.2 Å². The van der Waals surface area contributed by atoms with Crippen LogP contribution >= 0.6 is 0 Å². The summed E-state index contributed by atoms with van der Waals surface area (Å²) in [6.45, 7) is 9.28. The van der Waals surface area contributed by atoms with Crippen molar-refractivity contribution in [1.29, 1.82) is 0 Å². The highest BCUT2D eigenvalue weighted by Crippen LogP contribution is 2.60. The Kier molecular flexibility index (Phi) is 11.7. The van der Waals surface area contributed by atoms with Crippen molar-refractivity contribution in [3.63, 3.8) is 0 Å². The molecule has 0 saturated carbocycles. The van der Waals surface area contributed by atoms with Gasteiger partial charge in [-0.15, -0.1) is 0 Å². The molecule has 0 N–H and O–H groups in total. The number of hydrogen-bond donors (Lipinski definition) is 0. The minimum atomic E-state index is -0.422. The molecular formula is C102H64B2N4O4. The van der Waals surface area contributed by atoms with E-state index in [0.29, 0.717) is 0 Å². The number of anilines is 12. The summed E-state index contributed by atoms with van der Waals surface area (Å²) in [4.78, 5) is 10.0. The van der Waals surface area contributed by atoms with Gasteiger partial charge in [-0.3, -0.25) is 0 Å². The van der Waals surface area contributed by atoms with Gasteiger partial charge in [0.15, 0.2) is 11.2 Å². The van der Waals surface area contributed by atoms with Crippen molar-refractivity contribution in [2.45, 2.75) is 38.5 Å². The molecule has 6 aliphatic rings. The standard InChI is InChI=1S/C102H64B2N4O4/c1-101(2)73-27-9-5-22-61(73)67-54-70-66-26-19-39-88(99(66)111-94(70)56-75(67)101)107-83-47-43-57(50-79(83)104-77-30-12-15-33-81(77)106(84-35-20-37-86(107)96(84)104)60-45-49-92-69(53-60)64-25-8-18-41-90(64)110-92)58-42-46-65-72-55-71-62-23-6-10-28-74(62)102(3,4)95(71)98(100(72)112-93(65)51-58)108-82-34-16-13-31-78(82)103-76-29-11-14-32-80(76)105(85-36-21-38-87(108)97(85)103)59-44-48-91-68(52-59)63-24-7-17-40-89(63)109-91/h5-56H,1-4H3. The van der Waals surface area contributed by atoms with E-state index >= 15 is 0 Å². The molecule has 0 atom stereocenters. The molecule has 16 aromatic carbocycles. The molecule has 0 unspecified atom stereocenters. The van der Waals surface area contributed by atoms with Crippen LogP contribution in [0.25, 0.3) is 121 Å². The molecule has 0 amide bonds. The molecule has 0 fully saturated rings. The van der Waals surface area contributed by atoms with E-state index in [1.165, 1.54) is 77.3 Å². The number of para-hydroxylation sites is 6. The maximum Gasteiger partial charge on any atom is 0.252 e. The molecular weight excluding hydrogens is 1370 g/mol. The molecule has 112 heavy (non-hydrogen) atoms. The van der Waals surface area contributed by atoms with Gasteiger partial charge in [0.1, 0.15) is 33.5 Å². The zero-order chi connectivity index (χ0) is 73.5. The van der Waals surface area contributed by atoms with Crippen molar-refractivity contribution in [3.8, 4) is 33.4 Å². The van der Waals surface area contributed by atoms with Gasteiger partial charge >= 0.3 is 0 Å². The summed E-state index contributed by atoms with van der Waals surface area (Å²) < 4.78 is 28.2. The first-order chi connectivity index (χ1) is 55.1. The maximum atomic E-state index is 7.83. The van der Waals surface area contributed by atoms with E-state index in [1.54, 1.807) is 0 Å². The van der Waals surface area contributed by atoms with Crippen LogP contribution in [0.5, 0.6) is 0 Å². The summed E-state index contributed by atoms with van der Waals surface area (Å²) in [6, 6.07) is 117. The minimum Gasteiger partial charge on any atom is -0.456 e. The second kappa shape index (κ2) is 21.5. The Morgan fingerprint density at radius 3 is 1.33 bits per heavy atom. The summed E-state index contributed by atoms with van der Waals surface area (Å²) in [6.07, 6.45) is 0. The molecule has 10 heteroatoms. The van der Waals surface area contributed by atoms with Crippen molar-refractivity contribution >= 4 is 202 Å². The van der Waals surface area contributed by atoms with E-state index in [1.807, 2.05) is 12.1 Å². The third-order valence-corrected chi connectivity index (χ3v) is 26.2. The highest BCUT2D eigenvalue weighted by Gasteiger charge is 2.49. The number of nitrogens with zero attached hydrogens (tertiary/aromatic N) is 4. The third kappa shape index (κ3) is 7.82. The van der Waals surface area contributed by atoms with E-state index < -0.39 is 5.41 Å². The SMILES string of the molecule is CC1(C)c2ccccc2-c2cc3c(cc21)oc1c(N2c4ccc(-c5ccc6c(c5)oc5c(N7c8ccccc8B8c9ccccc9N(c9ccc%10oc%11ccccc%11c%10c9)c9cccc7c98)c7c(cc56)-c5ccccc5C7(C)C)cc4B4c5ccccc5N(c5ccc6oc7ccccc7c6c5)c5cccc2c54)cccc13. The smallest absolute Gasteiger partial charge is 0.252 e. The number of rotatable bonds is 5. The first kappa shape index (κ1) is 61.0. The molecule has 20 aromatic rings. The number of fused-ring (bicyclic) bond motifs is 26. The summed E-state index contributed by atoms with van der Waals surface area (Å²) in [7, 11) is 0. The molecule has 8 nitrogen and oxygen atoms in total. The van der Waals surface area contributed by atoms with Crippen LogP contribution < -0.4 is 52.4 Å². The lowest BCUT2D eigenvalue weighted by molar-refractivity contribution is 0.647. The van der Waals surface area contributed by atoms with E-state index in [2.05, 4.69) is 351 Å². The zero-order valence-corrected chi connectivity index (χ0v) is 61.6. The topological polar surface area (TPSA) is 65.5 Å². The lowest BCUT2D eigenvalue weighted by atomic mass is 9.33. The molecule has 26 rings (SSSR count). The number of benzene rings is 16. The van der Waals surface area contributed by atoms with Crippen LogP contribution in [0.2, 0.25) is 0 Å². The molecule has 4 aromatic heterocycles. The summed E-state index contributed by atoms with van der Waals surface area (Å²) in [5.41, 5.74) is 39.2. The average molecular weight is 1430 g/mol. The second-order valence-electron chi connectivity index (χ2n) is 32.5. The zero-order valence-electron chi connectivity index (χ0n) is 61.6. The van der Waals surface area contributed by atoms with Crippen LogP contribution in [0.15, 0.2) is 333 Å². The van der Waals surface area contributed by atoms with Crippen molar-refractivity contribution in [2.24, 2.45) is 0 Å². The molecule has 4 aliphatic heterocycles. The summed E-state index contributed by atoms with van der Waals surface area (Å²) >= 11 is 0. The van der Waals surface area contributed by atoms with E-state index in [9.17, 15) is 0 Å². The van der Waals surface area contributed by atoms with Crippen molar-refractivity contribution < 1.29 is 17.7 Å². The van der Waals surface area contributed by atoms with Gasteiger partial charge in [0.2, 0.25) is 0 Å². The van der Waals surface area contributed by atoms with Gasteiger partial charge < -0.3 is 37.3 Å². The van der Waals surface area contributed by atoms with Crippen molar-refractivity contribution in [1.82, 2.24) is 0 Å². The summed E-state index contributed by atoms with van der Waals surface area (Å²) in [5.74, 6) is 0. The van der Waals surface area contributed by atoms with Gasteiger partial charge in [0, 0.05) is 111 Å². The second-order valence-corrected chi connectivity index (χ2v) is 32.5. The first-order valence-corrected chi connectivity index (χ1v) is 39.0. The molecule has 522 valence electrons. The van der Waals surface area contributed by atoms with Gasteiger partial charge in [0.25, 0.3) is 13.4 Å². The van der Waals surface area contributed by atoms with Gasteiger partial charge in [0.05, 0.1) is 11.4 Å². The van der Waals surface area contributed by atoms with E-state index in [-0.39, 0.29) is 18.8 Å². The molecule has 0 bridgehead atoms. The Balaban J connectivity index is 0.680. The molecule has 2 aliphatic carbocycles. The molecule has 8 heterocycles. The van der Waals surface area contributed by atoms with Gasteiger partial charge in [-0.1, -0.05) is 210 Å². The van der Waals surface area contributed by atoms with Gasteiger partial charge in [-0.05, 0) is 222 Å². The van der Waals surface area contributed by atoms with Gasteiger partial charge in [-0.25, -0.2) is 0 Å². The summed E-state index contributed by atoms with van der Waals surface area (Å²) in [5, 5.41) is 8.70. The lowest BCUT2D eigenvalue weighted by Crippen LogP contribution is -2.61. The van der Waals surface area contributed by atoms with E-state index in [4.69, 9.17) is 17.7 Å². The predicted octanol–water partition coefficient (Wildman–Crippen LogP) is 23.7. The predicted molar refractivity (Wildman–Crippen MR) is 464 cm³/mol. The largest absolute Gasteiger partial charge is 0.456 e. The molecule has 0 radical (unpaired) electrons. The van der Waals surface area contributed by atoms with Crippen LogP contribution in [0, 0.1) is 0 Å². The average Bonchev–Trinajstić information content (AvgIpc) is 1.34. The van der Waals surface area contributed by atoms with E-state index in [0.717, 1.165) is 167 Å². The Morgan fingerprint density at radius 1 is 0.241 bits per heavy atom. The van der Waals surface area contributed by atoms with Crippen molar-refractivity contribution in [2.75, 3.05) is 19.6 Å². The minimum absolute atomic E-state index is 0.0598. The first-order valence-electron chi connectivity index (χ1n) is 39.0. The van der Waals surface area contributed by atoms with Crippen LogP contribution in [0.1, 0.15) is 49.9 Å². The Morgan fingerprint density at radius 2 is 0.679 bits per heavy atom. The van der Waals surface area contributed by atoms with Crippen LogP contribution in [0.3, 0.4) is 0 Å². The highest BCUT2D eigenvalue weighted by atomic mass is 16.3. The normalized spacial score (nSPS) is 14.8. The fraction of sp³-hybridized carbons (Fsp3) is 0.0588. The maximum absolute atomic E-state index is 7.83. The monoisotopic (exact) mass is 1430 g/mol. The quantitative estimate of drug-likeness (QED) is 0.158. The Labute approximate surface area is 645 Å².